The second-order valence-electron chi connectivity index (χ2n) is 3.52. The lowest BCUT2D eigenvalue weighted by Gasteiger charge is -2.36. The first-order valence-corrected chi connectivity index (χ1v) is 4.33. The fourth-order valence-corrected chi connectivity index (χ4v) is 1.87. The Kier molecular flexibility index (Phi) is 1.89. The van der Waals surface area contributed by atoms with Gasteiger partial charge in [0.15, 0.2) is 0 Å². The highest BCUT2D eigenvalue weighted by Gasteiger charge is 2.32. The van der Waals surface area contributed by atoms with Gasteiger partial charge in [-0.25, -0.2) is 0 Å². The van der Waals surface area contributed by atoms with E-state index in [4.69, 9.17) is 4.74 Å². The lowest BCUT2D eigenvalue weighted by Crippen LogP contribution is -2.53. The molecule has 0 aromatic rings. The van der Waals surface area contributed by atoms with E-state index in [1.54, 1.807) is 0 Å². The van der Waals surface area contributed by atoms with Gasteiger partial charge in [0.05, 0.1) is 12.1 Å². The first-order chi connectivity index (χ1) is 5.75. The zero-order valence-corrected chi connectivity index (χ0v) is 7.01. The Morgan fingerprint density at radius 3 is 3.25 bits per heavy atom. The van der Waals surface area contributed by atoms with Crippen molar-refractivity contribution >= 4 is 5.91 Å². The largest absolute Gasteiger partial charge is 0.366 e. The van der Waals surface area contributed by atoms with Gasteiger partial charge in [-0.05, 0) is 19.3 Å². The lowest BCUT2D eigenvalue weighted by atomic mass is 9.88. The van der Waals surface area contributed by atoms with E-state index in [0.29, 0.717) is 0 Å². The van der Waals surface area contributed by atoms with E-state index in [0.717, 1.165) is 19.3 Å². The molecule has 1 aliphatic heterocycles. The maximum absolute atomic E-state index is 11.0. The van der Waals surface area contributed by atoms with Crippen LogP contribution in [0.2, 0.25) is 0 Å². The predicted molar refractivity (Wildman–Crippen MR) is 44.7 cm³/mol. The smallest absolute Gasteiger partial charge is 0.246 e. The van der Waals surface area contributed by atoms with Crippen molar-refractivity contribution in [3.63, 3.8) is 0 Å². The van der Waals surface area contributed by atoms with Crippen molar-refractivity contribution in [2.24, 2.45) is 0 Å². The van der Waals surface area contributed by atoms with Crippen molar-refractivity contribution in [1.29, 1.82) is 0 Å². The standard InChI is InChI=1S/C9H13NO2/c1-6-2-3-8-7(4-6)10-9(11)5-12-8/h7-8H,1-5H2,(H,10,11). The fraction of sp³-hybridized carbons (Fsp3) is 0.667. The monoisotopic (exact) mass is 167 g/mol. The first-order valence-electron chi connectivity index (χ1n) is 4.33. The molecule has 3 nitrogen and oxygen atoms in total. The summed E-state index contributed by atoms with van der Waals surface area (Å²) in [6.45, 7) is 4.15. The molecule has 2 atom stereocenters. The Labute approximate surface area is 71.8 Å². The summed E-state index contributed by atoms with van der Waals surface area (Å²) < 4.78 is 5.39. The van der Waals surface area contributed by atoms with Crippen LogP contribution in [-0.4, -0.2) is 24.7 Å². The van der Waals surface area contributed by atoms with Crippen LogP contribution in [0.15, 0.2) is 12.2 Å². The van der Waals surface area contributed by atoms with Crippen molar-refractivity contribution in [2.45, 2.75) is 31.4 Å². The third-order valence-electron chi connectivity index (χ3n) is 2.51. The molecule has 0 radical (unpaired) electrons. The summed E-state index contributed by atoms with van der Waals surface area (Å²) in [6, 6.07) is 0.187. The average Bonchev–Trinajstić information content (AvgIpc) is 2.03. The van der Waals surface area contributed by atoms with Gasteiger partial charge in [-0.15, -0.1) is 0 Å². The van der Waals surface area contributed by atoms with Gasteiger partial charge in [0.2, 0.25) is 5.91 Å². The van der Waals surface area contributed by atoms with Crippen LogP contribution in [-0.2, 0) is 9.53 Å². The van der Waals surface area contributed by atoms with Crippen LogP contribution in [0.3, 0.4) is 0 Å². The van der Waals surface area contributed by atoms with Crippen LogP contribution in [0.4, 0.5) is 0 Å². The number of nitrogens with one attached hydrogen (secondary N) is 1. The molecule has 1 saturated carbocycles. The molecule has 2 aliphatic rings. The Bertz CT molecular complexity index is 203. The third-order valence-corrected chi connectivity index (χ3v) is 2.51. The number of fused-ring (bicyclic) bond motifs is 1. The number of carbonyl (C=O) groups is 1. The minimum Gasteiger partial charge on any atom is -0.366 e. The fourth-order valence-electron chi connectivity index (χ4n) is 1.87. The van der Waals surface area contributed by atoms with Gasteiger partial charge in [-0.2, -0.15) is 0 Å². The van der Waals surface area contributed by atoms with E-state index in [1.165, 1.54) is 5.57 Å². The molecule has 1 aliphatic carbocycles. The molecule has 1 saturated heterocycles. The van der Waals surface area contributed by atoms with E-state index >= 15 is 0 Å². The molecule has 2 rings (SSSR count). The highest BCUT2D eigenvalue weighted by molar-refractivity contribution is 5.78. The number of hydrogen-bond donors (Lipinski definition) is 1. The molecule has 66 valence electrons. The van der Waals surface area contributed by atoms with E-state index < -0.39 is 0 Å². The molecule has 2 unspecified atom stereocenters. The van der Waals surface area contributed by atoms with Crippen LogP contribution < -0.4 is 5.32 Å². The summed E-state index contributed by atoms with van der Waals surface area (Å²) >= 11 is 0. The molecule has 2 fully saturated rings. The Hall–Kier alpha value is -0.830. The molecule has 0 spiro atoms. The molecule has 0 aromatic heterocycles. The van der Waals surface area contributed by atoms with E-state index in [2.05, 4.69) is 11.9 Å². The Morgan fingerprint density at radius 2 is 2.42 bits per heavy atom. The van der Waals surface area contributed by atoms with Gasteiger partial charge in [-0.1, -0.05) is 12.2 Å². The summed E-state index contributed by atoms with van der Waals surface area (Å²) in [5.74, 6) is 0.00551. The lowest BCUT2D eigenvalue weighted by molar-refractivity contribution is -0.137. The number of carbonyl (C=O) groups excluding carboxylic acids is 1. The maximum Gasteiger partial charge on any atom is 0.246 e. The zero-order chi connectivity index (χ0) is 8.55. The molecule has 1 amide bonds. The normalized spacial score (nSPS) is 35.7. The molecular weight excluding hydrogens is 154 g/mol. The second-order valence-corrected chi connectivity index (χ2v) is 3.52. The molecule has 1 N–H and O–H groups in total. The molecule has 1 heterocycles. The number of rotatable bonds is 0. The van der Waals surface area contributed by atoms with Crippen LogP contribution in [0.5, 0.6) is 0 Å². The number of ether oxygens (including phenoxy) is 1. The van der Waals surface area contributed by atoms with Crippen molar-refractivity contribution < 1.29 is 9.53 Å². The quantitative estimate of drug-likeness (QED) is 0.537. The minimum absolute atomic E-state index is 0.00551. The summed E-state index contributed by atoms with van der Waals surface area (Å²) in [7, 11) is 0. The number of morpholine rings is 1. The van der Waals surface area contributed by atoms with Crippen molar-refractivity contribution in [3.05, 3.63) is 12.2 Å². The van der Waals surface area contributed by atoms with Crippen LogP contribution in [0, 0.1) is 0 Å². The summed E-state index contributed by atoms with van der Waals surface area (Å²) in [6.07, 6.45) is 3.16. The summed E-state index contributed by atoms with van der Waals surface area (Å²) in [4.78, 5) is 11.0. The van der Waals surface area contributed by atoms with Gasteiger partial charge >= 0.3 is 0 Å². The number of hydrogen-bond acceptors (Lipinski definition) is 2. The molecular formula is C9H13NO2. The maximum atomic E-state index is 11.0. The minimum atomic E-state index is 0.00551. The molecule has 0 bridgehead atoms. The highest BCUT2D eigenvalue weighted by Crippen LogP contribution is 2.26. The summed E-state index contributed by atoms with van der Waals surface area (Å²) in [5.41, 5.74) is 1.22. The van der Waals surface area contributed by atoms with Gasteiger partial charge in [0.1, 0.15) is 6.61 Å². The van der Waals surface area contributed by atoms with Crippen LogP contribution in [0.25, 0.3) is 0 Å². The predicted octanol–water partition coefficient (Wildman–Crippen LogP) is 0.610. The Morgan fingerprint density at radius 1 is 1.58 bits per heavy atom. The second kappa shape index (κ2) is 2.90. The van der Waals surface area contributed by atoms with E-state index in [9.17, 15) is 4.79 Å². The van der Waals surface area contributed by atoms with Crippen molar-refractivity contribution in [1.82, 2.24) is 5.32 Å². The first kappa shape index (κ1) is 7.80. The average molecular weight is 167 g/mol. The highest BCUT2D eigenvalue weighted by atomic mass is 16.5. The van der Waals surface area contributed by atoms with Crippen LogP contribution >= 0.6 is 0 Å². The molecule has 0 aromatic carbocycles. The van der Waals surface area contributed by atoms with Crippen molar-refractivity contribution in [3.8, 4) is 0 Å². The molecule has 12 heavy (non-hydrogen) atoms. The van der Waals surface area contributed by atoms with Gasteiger partial charge in [0, 0.05) is 0 Å². The van der Waals surface area contributed by atoms with Gasteiger partial charge < -0.3 is 10.1 Å². The van der Waals surface area contributed by atoms with Crippen molar-refractivity contribution in [2.75, 3.05) is 6.61 Å². The SMILES string of the molecule is C=C1CCC2OCC(=O)NC2C1. The van der Waals surface area contributed by atoms with Gasteiger partial charge in [-0.3, -0.25) is 4.79 Å². The Balaban J connectivity index is 2.03. The zero-order valence-electron chi connectivity index (χ0n) is 7.01. The number of amides is 1. The summed E-state index contributed by atoms with van der Waals surface area (Å²) in [5, 5.41) is 2.92. The van der Waals surface area contributed by atoms with E-state index in [1.807, 2.05) is 0 Å². The molecule has 3 heteroatoms. The topological polar surface area (TPSA) is 38.3 Å². The third kappa shape index (κ3) is 1.37. The van der Waals surface area contributed by atoms with E-state index in [-0.39, 0.29) is 24.7 Å². The van der Waals surface area contributed by atoms with Gasteiger partial charge in [0.25, 0.3) is 0 Å². The van der Waals surface area contributed by atoms with Crippen LogP contribution in [0.1, 0.15) is 19.3 Å².